The molecule has 0 saturated carbocycles. The van der Waals surface area contributed by atoms with Crippen molar-refractivity contribution in [3.8, 4) is 5.75 Å². The standard InChI is InChI=1S/C16H20O7/c1-9(18)14-15(23-16(20)22-14)12(19)7-6-10-4-3-5-13(21-2)11(10)8-17/h3-7,9,12,14-15,17-19H,8H2,1-2H3/b7-6+/t9-,12-,14-,15-/m1/s1. The Balaban J connectivity index is 2.18. The highest BCUT2D eigenvalue weighted by Gasteiger charge is 2.43. The number of benzene rings is 1. The van der Waals surface area contributed by atoms with Crippen molar-refractivity contribution in [2.24, 2.45) is 0 Å². The molecule has 1 aliphatic rings. The first-order valence-corrected chi connectivity index (χ1v) is 7.16. The predicted molar refractivity (Wildman–Crippen MR) is 80.8 cm³/mol. The number of rotatable bonds is 6. The van der Waals surface area contributed by atoms with Crippen LogP contribution in [0.25, 0.3) is 6.08 Å². The van der Waals surface area contributed by atoms with Crippen LogP contribution < -0.4 is 4.74 Å². The van der Waals surface area contributed by atoms with Crippen LogP contribution in [0.15, 0.2) is 24.3 Å². The van der Waals surface area contributed by atoms with Crippen molar-refractivity contribution in [1.82, 2.24) is 0 Å². The molecule has 1 saturated heterocycles. The summed E-state index contributed by atoms with van der Waals surface area (Å²) in [4.78, 5) is 11.2. The van der Waals surface area contributed by atoms with Gasteiger partial charge in [-0.1, -0.05) is 24.3 Å². The Morgan fingerprint density at radius 2 is 2.00 bits per heavy atom. The summed E-state index contributed by atoms with van der Waals surface area (Å²) in [7, 11) is 1.50. The minimum absolute atomic E-state index is 0.225. The first kappa shape index (κ1) is 17.3. The molecule has 0 unspecified atom stereocenters. The summed E-state index contributed by atoms with van der Waals surface area (Å²) in [5.74, 6) is 0.529. The fourth-order valence-electron chi connectivity index (χ4n) is 2.43. The van der Waals surface area contributed by atoms with Crippen LogP contribution in [-0.4, -0.2) is 53.0 Å². The van der Waals surface area contributed by atoms with Gasteiger partial charge in [0.25, 0.3) is 0 Å². The van der Waals surface area contributed by atoms with Crippen molar-refractivity contribution < 1.29 is 34.3 Å². The number of hydrogen-bond acceptors (Lipinski definition) is 7. The van der Waals surface area contributed by atoms with Crippen LogP contribution in [0.5, 0.6) is 5.75 Å². The second-order valence-electron chi connectivity index (χ2n) is 5.19. The van der Waals surface area contributed by atoms with Crippen molar-refractivity contribution >= 4 is 12.2 Å². The smallest absolute Gasteiger partial charge is 0.496 e. The molecule has 4 atom stereocenters. The van der Waals surface area contributed by atoms with Crippen LogP contribution in [0, 0.1) is 0 Å². The van der Waals surface area contributed by atoms with Gasteiger partial charge >= 0.3 is 6.16 Å². The number of ether oxygens (including phenoxy) is 3. The van der Waals surface area contributed by atoms with Gasteiger partial charge in [-0.15, -0.1) is 0 Å². The van der Waals surface area contributed by atoms with Crippen molar-refractivity contribution in [3.63, 3.8) is 0 Å². The Labute approximate surface area is 133 Å². The maximum Gasteiger partial charge on any atom is 0.509 e. The lowest BCUT2D eigenvalue weighted by molar-refractivity contribution is -0.0123. The van der Waals surface area contributed by atoms with E-state index < -0.39 is 30.6 Å². The van der Waals surface area contributed by atoms with E-state index in [1.54, 1.807) is 24.3 Å². The van der Waals surface area contributed by atoms with Crippen LogP contribution in [0.1, 0.15) is 18.1 Å². The summed E-state index contributed by atoms with van der Waals surface area (Å²) in [6, 6.07) is 5.22. The van der Waals surface area contributed by atoms with Crippen molar-refractivity contribution in [3.05, 3.63) is 35.4 Å². The number of carbonyl (C=O) groups excluding carboxylic acids is 1. The van der Waals surface area contributed by atoms with Crippen molar-refractivity contribution in [2.75, 3.05) is 7.11 Å². The second-order valence-corrected chi connectivity index (χ2v) is 5.19. The maximum absolute atomic E-state index is 11.2. The zero-order valence-corrected chi connectivity index (χ0v) is 12.9. The third-order valence-corrected chi connectivity index (χ3v) is 3.62. The van der Waals surface area contributed by atoms with Gasteiger partial charge in [-0.25, -0.2) is 4.79 Å². The number of cyclic esters (lactones) is 2. The van der Waals surface area contributed by atoms with Gasteiger partial charge in [0.1, 0.15) is 11.9 Å². The molecule has 0 aromatic heterocycles. The molecule has 1 aromatic carbocycles. The summed E-state index contributed by atoms with van der Waals surface area (Å²) < 4.78 is 14.9. The molecule has 0 spiro atoms. The summed E-state index contributed by atoms with van der Waals surface area (Å²) in [6.45, 7) is 1.22. The molecule has 1 aliphatic heterocycles. The first-order valence-electron chi connectivity index (χ1n) is 7.16. The Bertz CT molecular complexity index is 582. The van der Waals surface area contributed by atoms with Crippen molar-refractivity contribution in [1.29, 1.82) is 0 Å². The molecule has 1 heterocycles. The van der Waals surface area contributed by atoms with Gasteiger partial charge in [0.05, 0.1) is 19.8 Å². The third kappa shape index (κ3) is 3.82. The highest BCUT2D eigenvalue weighted by atomic mass is 16.8. The van der Waals surface area contributed by atoms with Crippen LogP contribution in [0.4, 0.5) is 4.79 Å². The Hall–Kier alpha value is -2.09. The molecule has 3 N–H and O–H groups in total. The lowest BCUT2D eigenvalue weighted by atomic mass is 10.0. The van der Waals surface area contributed by atoms with Gasteiger partial charge in [0, 0.05) is 5.56 Å². The Morgan fingerprint density at radius 1 is 1.30 bits per heavy atom. The molecule has 7 nitrogen and oxygen atoms in total. The minimum Gasteiger partial charge on any atom is -0.496 e. The molecule has 2 rings (SSSR count). The van der Waals surface area contributed by atoms with Gasteiger partial charge in [0.2, 0.25) is 0 Å². The van der Waals surface area contributed by atoms with E-state index in [0.717, 1.165) is 0 Å². The third-order valence-electron chi connectivity index (χ3n) is 3.62. The summed E-state index contributed by atoms with van der Waals surface area (Å²) in [5.41, 5.74) is 1.23. The highest BCUT2D eigenvalue weighted by Crippen LogP contribution is 2.25. The van der Waals surface area contributed by atoms with E-state index in [4.69, 9.17) is 14.2 Å². The monoisotopic (exact) mass is 324 g/mol. The first-order chi connectivity index (χ1) is 11.0. The number of methoxy groups -OCH3 is 1. The van der Waals surface area contributed by atoms with E-state index >= 15 is 0 Å². The van der Waals surface area contributed by atoms with E-state index in [1.807, 2.05) is 0 Å². The molecular formula is C16H20O7. The van der Waals surface area contributed by atoms with Crippen LogP contribution in [-0.2, 0) is 16.1 Å². The zero-order chi connectivity index (χ0) is 17.0. The van der Waals surface area contributed by atoms with E-state index in [1.165, 1.54) is 20.1 Å². The molecule has 0 amide bonds. The van der Waals surface area contributed by atoms with E-state index in [2.05, 4.69) is 0 Å². The average Bonchev–Trinajstić information content (AvgIpc) is 2.94. The molecule has 1 aromatic rings. The number of aliphatic hydroxyl groups excluding tert-OH is 3. The Morgan fingerprint density at radius 3 is 2.61 bits per heavy atom. The zero-order valence-electron chi connectivity index (χ0n) is 12.9. The molecular weight excluding hydrogens is 304 g/mol. The van der Waals surface area contributed by atoms with Crippen LogP contribution >= 0.6 is 0 Å². The van der Waals surface area contributed by atoms with Crippen LogP contribution in [0.2, 0.25) is 0 Å². The second kappa shape index (κ2) is 7.45. The van der Waals surface area contributed by atoms with E-state index in [9.17, 15) is 20.1 Å². The van der Waals surface area contributed by atoms with Gasteiger partial charge in [-0.2, -0.15) is 0 Å². The topological polar surface area (TPSA) is 105 Å². The maximum atomic E-state index is 11.2. The molecule has 0 aliphatic carbocycles. The van der Waals surface area contributed by atoms with Gasteiger partial charge < -0.3 is 29.5 Å². The lowest BCUT2D eigenvalue weighted by Crippen LogP contribution is -2.40. The van der Waals surface area contributed by atoms with Gasteiger partial charge in [-0.05, 0) is 18.6 Å². The number of hydrogen-bond donors (Lipinski definition) is 3. The normalized spacial score (nSPS) is 23.4. The molecule has 126 valence electrons. The SMILES string of the molecule is COc1cccc(/C=C/[C@@H](O)[C@H]2OC(=O)O[C@@H]2[C@@H](C)O)c1CO. The van der Waals surface area contributed by atoms with Crippen molar-refractivity contribution in [2.45, 2.75) is 37.9 Å². The Kier molecular flexibility index (Phi) is 5.59. The molecule has 7 heteroatoms. The summed E-state index contributed by atoms with van der Waals surface area (Å²) in [5, 5.41) is 29.2. The fourth-order valence-corrected chi connectivity index (χ4v) is 2.43. The average molecular weight is 324 g/mol. The predicted octanol–water partition coefficient (Wildman–Crippen LogP) is 0.846. The largest absolute Gasteiger partial charge is 0.509 e. The van der Waals surface area contributed by atoms with Gasteiger partial charge in [0.15, 0.2) is 12.2 Å². The molecule has 1 fully saturated rings. The minimum atomic E-state index is -1.17. The van der Waals surface area contributed by atoms with Crippen LogP contribution in [0.3, 0.4) is 0 Å². The number of aliphatic hydroxyl groups is 3. The molecule has 0 radical (unpaired) electrons. The van der Waals surface area contributed by atoms with E-state index in [-0.39, 0.29) is 6.61 Å². The lowest BCUT2D eigenvalue weighted by Gasteiger charge is -2.20. The quantitative estimate of drug-likeness (QED) is 0.666. The molecule has 23 heavy (non-hydrogen) atoms. The molecule has 0 bridgehead atoms. The fraction of sp³-hybridized carbons (Fsp3) is 0.438. The van der Waals surface area contributed by atoms with E-state index in [0.29, 0.717) is 16.9 Å². The van der Waals surface area contributed by atoms with Gasteiger partial charge in [-0.3, -0.25) is 0 Å². The highest BCUT2D eigenvalue weighted by molar-refractivity contribution is 5.63. The number of carbonyl (C=O) groups is 1. The summed E-state index contributed by atoms with van der Waals surface area (Å²) >= 11 is 0. The summed E-state index contributed by atoms with van der Waals surface area (Å²) in [6.07, 6.45) is -2.00.